The van der Waals surface area contributed by atoms with E-state index in [1.54, 1.807) is 56.5 Å². The molecular formula is C31H39N3O5S. The Bertz CT molecular complexity index is 1420. The number of ether oxygens (including phenoxy) is 1. The SMILES string of the molecule is CC[C@@H](C)NC(=O)[C@H](C)N(Cc1cccc(OC)c1)C(=O)CN(c1cccc(C)c1)S(=O)(=O)c1ccc(C)cc1. The minimum atomic E-state index is -4.10. The minimum absolute atomic E-state index is 0.0746. The van der Waals surface area contributed by atoms with Crippen LogP contribution in [0.25, 0.3) is 0 Å². The van der Waals surface area contributed by atoms with Crippen LogP contribution in [0.3, 0.4) is 0 Å². The summed E-state index contributed by atoms with van der Waals surface area (Å²) in [7, 11) is -2.55. The van der Waals surface area contributed by atoms with Crippen LogP contribution >= 0.6 is 0 Å². The Hall–Kier alpha value is -3.85. The zero-order chi connectivity index (χ0) is 29.4. The summed E-state index contributed by atoms with van der Waals surface area (Å²) in [4.78, 5) is 28.7. The summed E-state index contributed by atoms with van der Waals surface area (Å²) in [5.41, 5.74) is 2.89. The zero-order valence-electron chi connectivity index (χ0n) is 24.0. The molecule has 0 aliphatic rings. The van der Waals surface area contributed by atoms with Crippen molar-refractivity contribution in [1.29, 1.82) is 0 Å². The van der Waals surface area contributed by atoms with Crippen molar-refractivity contribution in [3.05, 3.63) is 89.5 Å². The second-order valence-electron chi connectivity index (χ2n) is 10.0. The highest BCUT2D eigenvalue weighted by Gasteiger charge is 2.32. The van der Waals surface area contributed by atoms with E-state index in [0.29, 0.717) is 11.4 Å². The zero-order valence-corrected chi connectivity index (χ0v) is 24.9. The highest BCUT2D eigenvalue weighted by molar-refractivity contribution is 7.92. The molecule has 0 saturated carbocycles. The molecule has 2 atom stereocenters. The Morgan fingerprint density at radius 3 is 2.23 bits per heavy atom. The van der Waals surface area contributed by atoms with Gasteiger partial charge < -0.3 is 15.0 Å². The van der Waals surface area contributed by atoms with E-state index in [-0.39, 0.29) is 23.4 Å². The number of benzene rings is 3. The molecular weight excluding hydrogens is 526 g/mol. The van der Waals surface area contributed by atoms with Crippen LogP contribution in [0.15, 0.2) is 77.7 Å². The number of anilines is 1. The molecule has 8 nitrogen and oxygen atoms in total. The number of methoxy groups -OCH3 is 1. The van der Waals surface area contributed by atoms with Crippen molar-refractivity contribution >= 4 is 27.5 Å². The topological polar surface area (TPSA) is 96.0 Å². The van der Waals surface area contributed by atoms with E-state index in [9.17, 15) is 18.0 Å². The minimum Gasteiger partial charge on any atom is -0.497 e. The van der Waals surface area contributed by atoms with E-state index in [1.165, 1.54) is 17.0 Å². The van der Waals surface area contributed by atoms with Gasteiger partial charge in [-0.15, -0.1) is 0 Å². The maximum Gasteiger partial charge on any atom is 0.264 e. The summed E-state index contributed by atoms with van der Waals surface area (Å²) in [6, 6.07) is 19.8. The number of hydrogen-bond donors (Lipinski definition) is 1. The van der Waals surface area contributed by atoms with Gasteiger partial charge in [-0.1, -0.05) is 48.9 Å². The molecule has 2 amide bonds. The van der Waals surface area contributed by atoms with Crippen molar-refractivity contribution < 1.29 is 22.7 Å². The van der Waals surface area contributed by atoms with Crippen molar-refractivity contribution in [3.8, 4) is 5.75 Å². The van der Waals surface area contributed by atoms with E-state index >= 15 is 0 Å². The first-order chi connectivity index (χ1) is 19.0. The lowest BCUT2D eigenvalue weighted by Gasteiger charge is -2.32. The van der Waals surface area contributed by atoms with Gasteiger partial charge in [-0.05, 0) is 81.6 Å². The van der Waals surface area contributed by atoms with Crippen LogP contribution in [0.2, 0.25) is 0 Å². The molecule has 214 valence electrons. The number of sulfonamides is 1. The number of hydrogen-bond acceptors (Lipinski definition) is 5. The van der Waals surface area contributed by atoms with E-state index in [0.717, 1.165) is 27.4 Å². The van der Waals surface area contributed by atoms with Crippen molar-refractivity contribution in [3.63, 3.8) is 0 Å². The summed E-state index contributed by atoms with van der Waals surface area (Å²) in [6.45, 7) is 8.86. The Morgan fingerprint density at radius 1 is 0.925 bits per heavy atom. The fraction of sp³-hybridized carbons (Fsp3) is 0.355. The van der Waals surface area contributed by atoms with Crippen LogP contribution in [0.1, 0.15) is 43.9 Å². The van der Waals surface area contributed by atoms with Crippen LogP contribution in [-0.4, -0.2) is 50.9 Å². The van der Waals surface area contributed by atoms with E-state index in [2.05, 4.69) is 5.32 Å². The maximum absolute atomic E-state index is 14.0. The summed E-state index contributed by atoms with van der Waals surface area (Å²) >= 11 is 0. The van der Waals surface area contributed by atoms with Gasteiger partial charge in [0.05, 0.1) is 17.7 Å². The molecule has 0 aliphatic carbocycles. The second-order valence-corrected chi connectivity index (χ2v) is 11.9. The van der Waals surface area contributed by atoms with Crippen LogP contribution in [0.4, 0.5) is 5.69 Å². The normalized spacial score (nSPS) is 12.8. The molecule has 3 aromatic rings. The third kappa shape index (κ3) is 7.63. The average molecular weight is 566 g/mol. The largest absolute Gasteiger partial charge is 0.497 e. The van der Waals surface area contributed by atoms with Gasteiger partial charge in [-0.25, -0.2) is 8.42 Å². The average Bonchev–Trinajstić information content (AvgIpc) is 2.94. The van der Waals surface area contributed by atoms with Crippen LogP contribution in [0, 0.1) is 13.8 Å². The van der Waals surface area contributed by atoms with E-state index < -0.39 is 28.5 Å². The summed E-state index contributed by atoms with van der Waals surface area (Å²) in [6.07, 6.45) is 0.734. The first-order valence-corrected chi connectivity index (χ1v) is 14.8. The number of rotatable bonds is 12. The Balaban J connectivity index is 2.03. The van der Waals surface area contributed by atoms with Gasteiger partial charge in [0, 0.05) is 12.6 Å². The molecule has 0 heterocycles. The summed E-state index contributed by atoms with van der Waals surface area (Å²) < 4.78 is 34.3. The Morgan fingerprint density at radius 2 is 1.60 bits per heavy atom. The molecule has 0 radical (unpaired) electrons. The maximum atomic E-state index is 14.0. The standard InChI is InChI=1S/C31H39N3O5S/c1-7-24(4)32-31(36)25(5)33(20-26-11-9-13-28(19-26)39-6)30(35)21-34(27-12-8-10-23(3)18-27)40(37,38)29-16-14-22(2)15-17-29/h8-19,24-25H,7,20-21H2,1-6H3,(H,32,36)/t24-,25+/m1/s1. The number of nitrogens with zero attached hydrogens (tertiary/aromatic N) is 2. The van der Waals surface area contributed by atoms with Crippen molar-refractivity contribution in [2.45, 2.75) is 64.6 Å². The fourth-order valence-electron chi connectivity index (χ4n) is 4.16. The third-order valence-corrected chi connectivity index (χ3v) is 8.62. The van der Waals surface area contributed by atoms with Gasteiger partial charge in [0.2, 0.25) is 11.8 Å². The number of amides is 2. The first-order valence-electron chi connectivity index (χ1n) is 13.3. The molecule has 1 N–H and O–H groups in total. The van der Waals surface area contributed by atoms with Gasteiger partial charge in [-0.2, -0.15) is 0 Å². The number of aryl methyl sites for hydroxylation is 2. The highest BCUT2D eigenvalue weighted by Crippen LogP contribution is 2.26. The molecule has 0 unspecified atom stereocenters. The molecule has 0 aliphatic heterocycles. The number of carbonyl (C=O) groups excluding carboxylic acids is 2. The fourth-order valence-corrected chi connectivity index (χ4v) is 5.57. The van der Waals surface area contributed by atoms with Crippen molar-refractivity contribution in [1.82, 2.24) is 10.2 Å². The molecule has 0 bridgehead atoms. The van der Waals surface area contributed by atoms with Gasteiger partial charge in [0.1, 0.15) is 18.3 Å². The highest BCUT2D eigenvalue weighted by atomic mass is 32.2. The first kappa shape index (κ1) is 30.7. The third-order valence-electron chi connectivity index (χ3n) is 6.83. The number of carbonyl (C=O) groups is 2. The van der Waals surface area contributed by atoms with Crippen molar-refractivity contribution in [2.24, 2.45) is 0 Å². The predicted molar refractivity (Wildman–Crippen MR) is 158 cm³/mol. The smallest absolute Gasteiger partial charge is 0.264 e. The second kappa shape index (κ2) is 13.5. The lowest BCUT2D eigenvalue weighted by atomic mass is 10.1. The molecule has 3 aromatic carbocycles. The van der Waals surface area contributed by atoms with Gasteiger partial charge in [-0.3, -0.25) is 13.9 Å². The molecule has 0 spiro atoms. The molecule has 0 fully saturated rings. The lowest BCUT2D eigenvalue weighted by molar-refractivity contribution is -0.139. The van der Waals surface area contributed by atoms with E-state index in [1.807, 2.05) is 45.9 Å². The predicted octanol–water partition coefficient (Wildman–Crippen LogP) is 4.84. The molecule has 0 aromatic heterocycles. The van der Waals surface area contributed by atoms with Crippen molar-refractivity contribution in [2.75, 3.05) is 18.0 Å². The van der Waals surface area contributed by atoms with Gasteiger partial charge in [0.15, 0.2) is 0 Å². The molecule has 0 saturated heterocycles. The van der Waals surface area contributed by atoms with Crippen LogP contribution < -0.4 is 14.4 Å². The summed E-state index contributed by atoms with van der Waals surface area (Å²) in [5, 5.41) is 2.94. The van der Waals surface area contributed by atoms with Gasteiger partial charge in [0.25, 0.3) is 10.0 Å². The number of nitrogens with one attached hydrogen (secondary N) is 1. The Kier molecular flexibility index (Phi) is 10.3. The monoisotopic (exact) mass is 565 g/mol. The molecule has 3 rings (SSSR count). The van der Waals surface area contributed by atoms with Crippen LogP contribution in [-0.2, 0) is 26.2 Å². The van der Waals surface area contributed by atoms with Crippen LogP contribution in [0.5, 0.6) is 5.75 Å². The van der Waals surface area contributed by atoms with Gasteiger partial charge >= 0.3 is 0 Å². The van der Waals surface area contributed by atoms with E-state index in [4.69, 9.17) is 4.74 Å². The quantitative estimate of drug-likeness (QED) is 0.339. The molecule has 40 heavy (non-hydrogen) atoms. The summed E-state index contributed by atoms with van der Waals surface area (Å²) in [5.74, 6) is -0.203. The lowest BCUT2D eigenvalue weighted by Crippen LogP contribution is -2.52. The Labute approximate surface area is 238 Å². The molecule has 9 heteroatoms.